The van der Waals surface area contributed by atoms with E-state index in [9.17, 15) is 9.18 Å². The quantitative estimate of drug-likeness (QED) is 0.238. The van der Waals surface area contributed by atoms with Crippen molar-refractivity contribution < 1.29 is 18.7 Å². The molecule has 2 N–H and O–H groups in total. The molecule has 9 heteroatoms. The predicted molar refractivity (Wildman–Crippen MR) is 159 cm³/mol. The number of anilines is 1. The molecule has 0 aliphatic heterocycles. The number of halogens is 1. The number of carbonyl (C=O) groups is 1. The number of nitrogens with zero attached hydrogens (tertiary/aromatic N) is 3. The Balaban J connectivity index is 1.32. The third-order valence-corrected chi connectivity index (χ3v) is 7.36. The van der Waals surface area contributed by atoms with Crippen LogP contribution in [0.5, 0.6) is 11.5 Å². The Morgan fingerprint density at radius 1 is 0.833 bits per heavy atom. The van der Waals surface area contributed by atoms with Crippen molar-refractivity contribution in [3.63, 3.8) is 0 Å². The number of fused-ring (bicyclic) bond motifs is 3. The minimum atomic E-state index is -0.347. The van der Waals surface area contributed by atoms with E-state index in [0.717, 1.165) is 51.6 Å². The van der Waals surface area contributed by atoms with E-state index in [1.807, 2.05) is 54.6 Å². The molecule has 6 rings (SSSR count). The number of aromatic nitrogens is 3. The number of methoxy groups -OCH3 is 2. The van der Waals surface area contributed by atoms with Gasteiger partial charge in [0.1, 0.15) is 23.1 Å². The predicted octanol–water partition coefficient (Wildman–Crippen LogP) is 5.73. The number of nitrogens with one attached hydrogen (secondary N) is 2. The molecule has 1 aliphatic carbocycles. The summed E-state index contributed by atoms with van der Waals surface area (Å²) in [6.07, 6.45) is 1.36. The maximum Gasteiger partial charge on any atom is 0.272 e. The second-order valence-corrected chi connectivity index (χ2v) is 10.0. The van der Waals surface area contributed by atoms with Gasteiger partial charge in [-0.25, -0.2) is 14.1 Å². The highest BCUT2D eigenvalue weighted by Gasteiger charge is 2.30. The van der Waals surface area contributed by atoms with Crippen molar-refractivity contribution in [1.82, 2.24) is 20.1 Å². The van der Waals surface area contributed by atoms with Gasteiger partial charge in [-0.15, -0.1) is 0 Å². The summed E-state index contributed by atoms with van der Waals surface area (Å²) in [7, 11) is 3.26. The van der Waals surface area contributed by atoms with E-state index in [0.29, 0.717) is 36.7 Å². The second-order valence-electron chi connectivity index (χ2n) is 10.0. The highest BCUT2D eigenvalue weighted by Crippen LogP contribution is 2.36. The van der Waals surface area contributed by atoms with Crippen LogP contribution in [-0.4, -0.2) is 34.9 Å². The summed E-state index contributed by atoms with van der Waals surface area (Å²) in [5.74, 6) is 1.63. The van der Waals surface area contributed by atoms with Crippen molar-refractivity contribution in [3.05, 3.63) is 119 Å². The Morgan fingerprint density at radius 3 is 2.12 bits per heavy atom. The molecule has 3 aromatic carbocycles. The average Bonchev–Trinajstić information content (AvgIpc) is 3.44. The van der Waals surface area contributed by atoms with Crippen LogP contribution in [0.15, 0.2) is 84.9 Å². The summed E-state index contributed by atoms with van der Waals surface area (Å²) >= 11 is 0. The van der Waals surface area contributed by atoms with E-state index in [1.54, 1.807) is 31.0 Å². The van der Waals surface area contributed by atoms with Crippen molar-refractivity contribution in [2.75, 3.05) is 19.5 Å². The second kappa shape index (κ2) is 11.7. The van der Waals surface area contributed by atoms with E-state index in [4.69, 9.17) is 19.6 Å². The minimum absolute atomic E-state index is 0.278. The highest BCUT2D eigenvalue weighted by molar-refractivity contribution is 5.96. The fourth-order valence-electron chi connectivity index (χ4n) is 5.08. The number of hydrogen-bond acceptors (Lipinski definition) is 6. The van der Waals surface area contributed by atoms with Gasteiger partial charge in [0.05, 0.1) is 31.3 Å². The van der Waals surface area contributed by atoms with Crippen LogP contribution in [0.2, 0.25) is 0 Å². The first kappa shape index (κ1) is 27.0. The lowest BCUT2D eigenvalue weighted by atomic mass is 9.92. The first-order valence-electron chi connectivity index (χ1n) is 13.7. The maximum atomic E-state index is 13.8. The van der Waals surface area contributed by atoms with Gasteiger partial charge in [-0.1, -0.05) is 30.3 Å². The molecular formula is C33H30FN5O3. The van der Waals surface area contributed by atoms with E-state index in [2.05, 4.69) is 16.7 Å². The molecule has 212 valence electrons. The van der Waals surface area contributed by atoms with Gasteiger partial charge in [-0.2, -0.15) is 5.10 Å². The molecule has 0 unspecified atom stereocenters. The van der Waals surface area contributed by atoms with Crippen LogP contribution in [0.4, 0.5) is 10.2 Å². The van der Waals surface area contributed by atoms with Crippen LogP contribution in [0.25, 0.3) is 17.1 Å². The molecule has 0 atom stereocenters. The molecule has 0 radical (unpaired) electrons. The number of rotatable bonds is 9. The Kier molecular flexibility index (Phi) is 7.55. The van der Waals surface area contributed by atoms with Gasteiger partial charge in [0.25, 0.3) is 5.91 Å². The van der Waals surface area contributed by atoms with Crippen molar-refractivity contribution in [1.29, 1.82) is 0 Å². The molecule has 0 saturated carbocycles. The van der Waals surface area contributed by atoms with Gasteiger partial charge < -0.3 is 20.1 Å². The molecule has 0 saturated heterocycles. The van der Waals surface area contributed by atoms with Gasteiger partial charge >= 0.3 is 0 Å². The van der Waals surface area contributed by atoms with Crippen LogP contribution in [-0.2, 0) is 25.9 Å². The standard InChI is InChI=1S/C33H30FN5O3/c1-41-26-13-3-21(4-14-26)19-35-29-18-8-23-7-17-28-31(33(40)36-20-22-5-15-27(42-2)16-6-22)38-39(32(28)30(23)37-29)25-11-9-24(34)10-12-25/h3-6,8-16,18H,7,17,19-20H2,1-2H3,(H,35,37)(H,36,40). The SMILES string of the molecule is COc1ccc(CNC(=O)c2nn(-c3ccc(F)cc3)c3c2CCc2ccc(NCc4ccc(OC)cc4)nc2-3)cc1. The van der Waals surface area contributed by atoms with Gasteiger partial charge in [-0.05, 0) is 84.1 Å². The van der Waals surface area contributed by atoms with Crippen molar-refractivity contribution in [3.8, 4) is 28.6 Å². The van der Waals surface area contributed by atoms with Crippen molar-refractivity contribution in [2.45, 2.75) is 25.9 Å². The first-order chi connectivity index (χ1) is 20.5. The lowest BCUT2D eigenvalue weighted by molar-refractivity contribution is 0.0944. The summed E-state index contributed by atoms with van der Waals surface area (Å²) in [4.78, 5) is 18.5. The van der Waals surface area contributed by atoms with E-state index in [-0.39, 0.29) is 11.7 Å². The number of pyridine rings is 1. The van der Waals surface area contributed by atoms with Gasteiger partial charge in [0, 0.05) is 18.7 Å². The van der Waals surface area contributed by atoms with Gasteiger partial charge in [-0.3, -0.25) is 4.79 Å². The smallest absolute Gasteiger partial charge is 0.272 e. The van der Waals surface area contributed by atoms with Crippen molar-refractivity contribution in [2.24, 2.45) is 0 Å². The zero-order valence-corrected chi connectivity index (χ0v) is 23.4. The lowest BCUT2D eigenvalue weighted by Crippen LogP contribution is -2.24. The summed E-state index contributed by atoms with van der Waals surface area (Å²) in [6, 6.07) is 25.5. The van der Waals surface area contributed by atoms with Crippen LogP contribution in [0.3, 0.4) is 0 Å². The van der Waals surface area contributed by atoms with Crippen LogP contribution < -0.4 is 20.1 Å². The third-order valence-electron chi connectivity index (χ3n) is 7.36. The number of carbonyl (C=O) groups excluding carboxylic acids is 1. The van der Waals surface area contributed by atoms with Crippen LogP contribution in [0, 0.1) is 5.82 Å². The number of hydrogen-bond donors (Lipinski definition) is 2. The van der Waals surface area contributed by atoms with E-state index < -0.39 is 0 Å². The fraction of sp³-hybridized carbons (Fsp3) is 0.182. The number of amides is 1. The summed E-state index contributed by atoms with van der Waals surface area (Å²) in [6.45, 7) is 0.925. The normalized spacial score (nSPS) is 11.8. The Bertz CT molecular complexity index is 1720. The zero-order chi connectivity index (χ0) is 29.1. The molecule has 5 aromatic rings. The average molecular weight is 564 g/mol. The van der Waals surface area contributed by atoms with Crippen LogP contribution in [0.1, 0.15) is 32.7 Å². The molecule has 2 aromatic heterocycles. The molecule has 0 bridgehead atoms. The Labute approximate surface area is 243 Å². The molecule has 42 heavy (non-hydrogen) atoms. The third kappa shape index (κ3) is 5.54. The number of benzene rings is 3. The number of aryl methyl sites for hydroxylation is 1. The maximum absolute atomic E-state index is 13.8. The van der Waals surface area contributed by atoms with Crippen molar-refractivity contribution >= 4 is 11.7 Å². The molecule has 2 heterocycles. The number of ether oxygens (including phenoxy) is 2. The molecular weight excluding hydrogens is 533 g/mol. The Morgan fingerprint density at radius 2 is 1.48 bits per heavy atom. The largest absolute Gasteiger partial charge is 0.497 e. The Hall–Kier alpha value is -5.18. The zero-order valence-electron chi connectivity index (χ0n) is 23.4. The first-order valence-corrected chi connectivity index (χ1v) is 13.7. The van der Waals surface area contributed by atoms with Crippen LogP contribution >= 0.6 is 0 Å². The molecule has 0 spiro atoms. The molecule has 1 aliphatic rings. The topological polar surface area (TPSA) is 90.3 Å². The minimum Gasteiger partial charge on any atom is -0.497 e. The lowest BCUT2D eigenvalue weighted by Gasteiger charge is -2.19. The summed E-state index contributed by atoms with van der Waals surface area (Å²) < 4.78 is 26.0. The van der Waals surface area contributed by atoms with Gasteiger partial charge in [0.15, 0.2) is 5.69 Å². The highest BCUT2D eigenvalue weighted by atomic mass is 19.1. The van der Waals surface area contributed by atoms with E-state index >= 15 is 0 Å². The molecule has 0 fully saturated rings. The fourth-order valence-corrected chi connectivity index (χ4v) is 5.08. The molecule has 1 amide bonds. The summed E-state index contributed by atoms with van der Waals surface area (Å²) in [5.41, 5.74) is 6.39. The monoisotopic (exact) mass is 563 g/mol. The molecule has 8 nitrogen and oxygen atoms in total. The van der Waals surface area contributed by atoms with Gasteiger partial charge in [0.2, 0.25) is 0 Å². The van der Waals surface area contributed by atoms with E-state index in [1.165, 1.54) is 12.1 Å². The summed E-state index contributed by atoms with van der Waals surface area (Å²) in [5, 5.41) is 11.2.